The molecule has 0 saturated heterocycles. The van der Waals surface area contributed by atoms with Crippen LogP contribution in [0.2, 0.25) is 0 Å². The largest absolute Gasteiger partial charge is 0.0996 e. The Morgan fingerprint density at radius 1 is 1.23 bits per heavy atom. The van der Waals surface area contributed by atoms with Crippen LogP contribution in [0, 0.1) is 17.8 Å². The van der Waals surface area contributed by atoms with E-state index in [0.29, 0.717) is 0 Å². The third kappa shape index (κ3) is 2.36. The molecule has 3 atom stereocenters. The van der Waals surface area contributed by atoms with Gasteiger partial charge in [-0.1, -0.05) is 45.8 Å². The van der Waals surface area contributed by atoms with Gasteiger partial charge in [0.05, 0.1) is 0 Å². The zero-order valence-corrected chi connectivity index (χ0v) is 9.47. The van der Waals surface area contributed by atoms with Gasteiger partial charge in [-0.25, -0.2) is 0 Å². The lowest BCUT2D eigenvalue weighted by atomic mass is 9.83. The second kappa shape index (κ2) is 4.83. The Labute approximate surface area is 83.4 Å². The van der Waals surface area contributed by atoms with Crippen molar-refractivity contribution in [1.29, 1.82) is 0 Å². The van der Waals surface area contributed by atoms with Crippen molar-refractivity contribution in [2.24, 2.45) is 17.8 Å². The molecular weight excluding hydrogens is 156 g/mol. The van der Waals surface area contributed by atoms with E-state index in [2.05, 4.69) is 27.4 Å². The molecule has 3 unspecified atom stereocenters. The third-order valence-corrected chi connectivity index (χ3v) is 3.58. The van der Waals surface area contributed by atoms with Gasteiger partial charge in [0.2, 0.25) is 0 Å². The molecule has 1 aliphatic carbocycles. The van der Waals surface area contributed by atoms with E-state index in [1.807, 2.05) is 0 Å². The summed E-state index contributed by atoms with van der Waals surface area (Å²) in [4.78, 5) is 0. The monoisotopic (exact) mass is 180 g/mol. The minimum absolute atomic E-state index is 0.847. The van der Waals surface area contributed by atoms with Crippen molar-refractivity contribution in [3.05, 3.63) is 12.2 Å². The summed E-state index contributed by atoms with van der Waals surface area (Å²) in [7, 11) is 0. The summed E-state index contributed by atoms with van der Waals surface area (Å²) >= 11 is 0. The third-order valence-electron chi connectivity index (χ3n) is 3.58. The van der Waals surface area contributed by atoms with Gasteiger partial charge in [0.25, 0.3) is 0 Å². The SMILES string of the molecule is C=C1CC(C)C(CCC)C1CCC. The fraction of sp³-hybridized carbons (Fsp3) is 0.846. The molecule has 0 radical (unpaired) electrons. The van der Waals surface area contributed by atoms with Gasteiger partial charge in [-0.15, -0.1) is 0 Å². The quantitative estimate of drug-likeness (QED) is 0.562. The molecule has 0 aromatic rings. The van der Waals surface area contributed by atoms with E-state index < -0.39 is 0 Å². The van der Waals surface area contributed by atoms with Crippen molar-refractivity contribution in [1.82, 2.24) is 0 Å². The standard InChI is InChI=1S/C13H24/c1-5-7-12-10(3)9-11(4)13(12)8-6-2/h11-13H,3,5-9H2,1-2,4H3. The second-order valence-corrected chi connectivity index (χ2v) is 4.69. The Bertz CT molecular complexity index is 169. The van der Waals surface area contributed by atoms with E-state index in [9.17, 15) is 0 Å². The van der Waals surface area contributed by atoms with Crippen molar-refractivity contribution < 1.29 is 0 Å². The van der Waals surface area contributed by atoms with E-state index in [4.69, 9.17) is 0 Å². The molecule has 0 aromatic carbocycles. The molecule has 0 heterocycles. The molecule has 1 rings (SSSR count). The van der Waals surface area contributed by atoms with E-state index in [1.54, 1.807) is 0 Å². The van der Waals surface area contributed by atoms with Crippen molar-refractivity contribution >= 4 is 0 Å². The number of hydrogen-bond acceptors (Lipinski definition) is 0. The first kappa shape index (κ1) is 10.8. The van der Waals surface area contributed by atoms with E-state index in [0.717, 1.165) is 17.8 Å². The molecule has 0 aromatic heterocycles. The maximum atomic E-state index is 4.24. The molecule has 0 amide bonds. The van der Waals surface area contributed by atoms with Gasteiger partial charge in [0, 0.05) is 0 Å². The Kier molecular flexibility index (Phi) is 4.02. The average Bonchev–Trinajstić information content (AvgIpc) is 2.33. The molecule has 76 valence electrons. The smallest absolute Gasteiger partial charge is 0.0175 e. The maximum Gasteiger partial charge on any atom is -0.0175 e. The predicted molar refractivity (Wildman–Crippen MR) is 59.7 cm³/mol. The van der Waals surface area contributed by atoms with Crippen LogP contribution in [0.15, 0.2) is 12.2 Å². The van der Waals surface area contributed by atoms with E-state index in [1.165, 1.54) is 37.7 Å². The molecule has 13 heavy (non-hydrogen) atoms. The van der Waals surface area contributed by atoms with Gasteiger partial charge in [0.15, 0.2) is 0 Å². The molecular formula is C13H24. The maximum absolute atomic E-state index is 4.24. The molecule has 0 spiro atoms. The van der Waals surface area contributed by atoms with Gasteiger partial charge in [-0.3, -0.25) is 0 Å². The second-order valence-electron chi connectivity index (χ2n) is 4.69. The van der Waals surface area contributed by atoms with Crippen molar-refractivity contribution in [3.8, 4) is 0 Å². The van der Waals surface area contributed by atoms with Crippen LogP contribution in [0.25, 0.3) is 0 Å². The Hall–Kier alpha value is -0.260. The van der Waals surface area contributed by atoms with Gasteiger partial charge >= 0.3 is 0 Å². The summed E-state index contributed by atoms with van der Waals surface area (Å²) in [6.45, 7) is 11.2. The Morgan fingerprint density at radius 2 is 1.85 bits per heavy atom. The lowest BCUT2D eigenvalue weighted by Crippen LogP contribution is -2.13. The first-order valence-corrected chi connectivity index (χ1v) is 5.88. The highest BCUT2D eigenvalue weighted by Gasteiger charge is 2.34. The summed E-state index contributed by atoms with van der Waals surface area (Å²) in [6, 6.07) is 0. The van der Waals surface area contributed by atoms with Crippen LogP contribution in [0.3, 0.4) is 0 Å². The first-order chi connectivity index (χ1) is 6.20. The highest BCUT2D eigenvalue weighted by molar-refractivity contribution is 5.11. The summed E-state index contributed by atoms with van der Waals surface area (Å²) in [5, 5.41) is 0. The highest BCUT2D eigenvalue weighted by Crippen LogP contribution is 2.44. The molecule has 1 fully saturated rings. The van der Waals surface area contributed by atoms with Crippen molar-refractivity contribution in [2.75, 3.05) is 0 Å². The van der Waals surface area contributed by atoms with Gasteiger partial charge < -0.3 is 0 Å². The van der Waals surface area contributed by atoms with Crippen LogP contribution in [0.4, 0.5) is 0 Å². The number of rotatable bonds is 4. The molecule has 0 heteroatoms. The zero-order valence-electron chi connectivity index (χ0n) is 9.47. The lowest BCUT2D eigenvalue weighted by molar-refractivity contribution is 0.301. The van der Waals surface area contributed by atoms with Gasteiger partial charge in [0.1, 0.15) is 0 Å². The molecule has 1 saturated carbocycles. The lowest BCUT2D eigenvalue weighted by Gasteiger charge is -2.22. The van der Waals surface area contributed by atoms with E-state index in [-0.39, 0.29) is 0 Å². The fourth-order valence-corrected chi connectivity index (χ4v) is 2.96. The molecule has 0 aliphatic heterocycles. The predicted octanol–water partition coefficient (Wildman–Crippen LogP) is 4.42. The first-order valence-electron chi connectivity index (χ1n) is 5.88. The van der Waals surface area contributed by atoms with Crippen LogP contribution in [-0.2, 0) is 0 Å². The number of allylic oxidation sites excluding steroid dienone is 1. The molecule has 1 aliphatic rings. The minimum Gasteiger partial charge on any atom is -0.0996 e. The van der Waals surface area contributed by atoms with Crippen LogP contribution >= 0.6 is 0 Å². The molecule has 0 N–H and O–H groups in total. The zero-order chi connectivity index (χ0) is 9.84. The summed E-state index contributed by atoms with van der Waals surface area (Å²) in [6.07, 6.45) is 6.72. The average molecular weight is 180 g/mol. The number of hydrogen-bond donors (Lipinski definition) is 0. The topological polar surface area (TPSA) is 0 Å². The van der Waals surface area contributed by atoms with Crippen LogP contribution in [0.1, 0.15) is 52.9 Å². The summed E-state index contributed by atoms with van der Waals surface area (Å²) in [5.74, 6) is 2.68. The van der Waals surface area contributed by atoms with E-state index >= 15 is 0 Å². The summed E-state index contributed by atoms with van der Waals surface area (Å²) in [5.41, 5.74) is 1.54. The fourth-order valence-electron chi connectivity index (χ4n) is 2.96. The Morgan fingerprint density at radius 3 is 2.38 bits per heavy atom. The minimum atomic E-state index is 0.847. The van der Waals surface area contributed by atoms with Gasteiger partial charge in [-0.05, 0) is 37.0 Å². The summed E-state index contributed by atoms with van der Waals surface area (Å²) < 4.78 is 0. The highest BCUT2D eigenvalue weighted by atomic mass is 14.4. The van der Waals surface area contributed by atoms with Crippen LogP contribution in [0.5, 0.6) is 0 Å². The Balaban J connectivity index is 2.59. The molecule has 0 nitrogen and oxygen atoms in total. The normalized spacial score (nSPS) is 34.1. The van der Waals surface area contributed by atoms with Crippen LogP contribution in [-0.4, -0.2) is 0 Å². The van der Waals surface area contributed by atoms with Gasteiger partial charge in [-0.2, -0.15) is 0 Å². The molecule has 0 bridgehead atoms. The van der Waals surface area contributed by atoms with Crippen molar-refractivity contribution in [2.45, 2.75) is 52.9 Å². The van der Waals surface area contributed by atoms with Crippen molar-refractivity contribution in [3.63, 3.8) is 0 Å². The van der Waals surface area contributed by atoms with Crippen LogP contribution < -0.4 is 0 Å².